The maximum atomic E-state index is 13.5. The van der Waals surface area contributed by atoms with Gasteiger partial charge in [0.1, 0.15) is 5.54 Å². The number of carbonyl (C=O) groups excluding carboxylic acids is 4. The van der Waals surface area contributed by atoms with Crippen LogP contribution in [0.25, 0.3) is 0 Å². The average molecular weight is 477 g/mol. The number of benzene rings is 1. The van der Waals surface area contributed by atoms with Gasteiger partial charge in [0, 0.05) is 34.8 Å². The molecule has 5 atom stereocenters. The van der Waals surface area contributed by atoms with Crippen molar-refractivity contribution in [3.63, 3.8) is 0 Å². The molecule has 1 aromatic carbocycles. The molecule has 1 spiro atoms. The van der Waals surface area contributed by atoms with Crippen LogP contribution >= 0.6 is 15.9 Å². The highest BCUT2D eigenvalue weighted by Crippen LogP contribution is 2.53. The molecule has 0 bridgehead atoms. The lowest BCUT2D eigenvalue weighted by Gasteiger charge is -2.30. The number of hydrogen-bond donors (Lipinski definition) is 3. The first-order chi connectivity index (χ1) is 14.3. The number of rotatable bonds is 4. The second-order valence-corrected chi connectivity index (χ2v) is 9.21. The number of hydrogen-bond acceptors (Lipinski definition) is 6. The first-order valence-electron chi connectivity index (χ1n) is 9.97. The summed E-state index contributed by atoms with van der Waals surface area (Å²) < 4.78 is 6.35. The van der Waals surface area contributed by atoms with Gasteiger partial charge in [-0.05, 0) is 31.0 Å². The minimum atomic E-state index is -1.43. The number of primary amides is 1. The average Bonchev–Trinajstić information content (AvgIpc) is 3.42. The molecule has 3 fully saturated rings. The standard InChI is InChI=1S/C20H21BrN4O5/c21-9-3-4-12-11(6-9)20(19(29)23-12)16-15(13(24-20)7-14(22)26)17(27)25(18(16)28)8-10-2-1-5-30-10/h3-4,6,10,13,15-16,24H,1-2,5,7-8H2,(H2,22,26)(H,23,29)/t10-,13+,15+,16-,20-/m1/s1. The zero-order valence-corrected chi connectivity index (χ0v) is 17.6. The summed E-state index contributed by atoms with van der Waals surface area (Å²) in [5.74, 6) is -3.60. The maximum absolute atomic E-state index is 13.5. The van der Waals surface area contributed by atoms with Crippen LogP contribution in [0.2, 0.25) is 0 Å². The molecule has 3 saturated heterocycles. The molecule has 0 saturated carbocycles. The van der Waals surface area contributed by atoms with Crippen LogP contribution in [0.5, 0.6) is 0 Å². The van der Waals surface area contributed by atoms with E-state index in [4.69, 9.17) is 10.5 Å². The van der Waals surface area contributed by atoms with Gasteiger partial charge >= 0.3 is 0 Å². The first kappa shape index (κ1) is 19.7. The predicted octanol–water partition coefficient (Wildman–Crippen LogP) is 0.224. The van der Waals surface area contributed by atoms with E-state index in [2.05, 4.69) is 26.6 Å². The minimum Gasteiger partial charge on any atom is -0.376 e. The highest BCUT2D eigenvalue weighted by molar-refractivity contribution is 9.10. The van der Waals surface area contributed by atoms with E-state index >= 15 is 0 Å². The maximum Gasteiger partial charge on any atom is 0.250 e. The Balaban J connectivity index is 1.60. The van der Waals surface area contributed by atoms with Gasteiger partial charge in [-0.2, -0.15) is 0 Å². The number of carbonyl (C=O) groups is 4. The topological polar surface area (TPSA) is 131 Å². The Morgan fingerprint density at radius 3 is 2.80 bits per heavy atom. The number of imide groups is 1. The van der Waals surface area contributed by atoms with E-state index in [-0.39, 0.29) is 25.0 Å². The molecular weight excluding hydrogens is 456 g/mol. The highest BCUT2D eigenvalue weighted by atomic mass is 79.9. The number of nitrogens with zero attached hydrogens (tertiary/aromatic N) is 1. The molecule has 0 radical (unpaired) electrons. The van der Waals surface area contributed by atoms with E-state index in [0.717, 1.165) is 17.3 Å². The van der Waals surface area contributed by atoms with Crippen molar-refractivity contribution in [3.05, 3.63) is 28.2 Å². The molecule has 158 valence electrons. The van der Waals surface area contributed by atoms with Crippen LogP contribution in [0.1, 0.15) is 24.8 Å². The molecule has 4 N–H and O–H groups in total. The van der Waals surface area contributed by atoms with Gasteiger partial charge in [0.05, 0.1) is 24.5 Å². The number of nitrogens with two attached hydrogens (primary N) is 1. The molecule has 4 aliphatic heterocycles. The molecule has 4 aliphatic rings. The number of likely N-dealkylation sites (tertiary alicyclic amines) is 1. The second-order valence-electron chi connectivity index (χ2n) is 8.30. The van der Waals surface area contributed by atoms with Gasteiger partial charge in [-0.1, -0.05) is 15.9 Å². The van der Waals surface area contributed by atoms with E-state index < -0.39 is 41.1 Å². The summed E-state index contributed by atoms with van der Waals surface area (Å²) in [7, 11) is 0. The fraction of sp³-hybridized carbons (Fsp3) is 0.500. The van der Waals surface area contributed by atoms with Gasteiger partial charge in [-0.3, -0.25) is 29.4 Å². The van der Waals surface area contributed by atoms with Crippen LogP contribution in [0.4, 0.5) is 5.69 Å². The molecule has 4 amide bonds. The minimum absolute atomic E-state index is 0.147. The van der Waals surface area contributed by atoms with E-state index in [1.165, 1.54) is 4.90 Å². The van der Waals surface area contributed by atoms with Crippen LogP contribution < -0.4 is 16.4 Å². The Morgan fingerprint density at radius 2 is 2.10 bits per heavy atom. The van der Waals surface area contributed by atoms with Crippen molar-refractivity contribution in [2.45, 2.75) is 36.9 Å². The summed E-state index contributed by atoms with van der Waals surface area (Å²) in [4.78, 5) is 53.0. The summed E-state index contributed by atoms with van der Waals surface area (Å²) in [5, 5.41) is 6.00. The van der Waals surface area contributed by atoms with Gasteiger partial charge in [-0.15, -0.1) is 0 Å². The lowest BCUT2D eigenvalue weighted by molar-refractivity contribution is -0.144. The summed E-state index contributed by atoms with van der Waals surface area (Å²) >= 11 is 3.42. The number of ether oxygens (including phenoxy) is 1. The van der Waals surface area contributed by atoms with Crippen LogP contribution in [0.15, 0.2) is 22.7 Å². The smallest absolute Gasteiger partial charge is 0.250 e. The molecule has 0 aliphatic carbocycles. The van der Waals surface area contributed by atoms with Crippen molar-refractivity contribution < 1.29 is 23.9 Å². The molecule has 0 unspecified atom stereocenters. The largest absolute Gasteiger partial charge is 0.376 e. The van der Waals surface area contributed by atoms with Gasteiger partial charge in [0.2, 0.25) is 23.6 Å². The number of anilines is 1. The Hall–Kier alpha value is -2.30. The highest BCUT2D eigenvalue weighted by Gasteiger charge is 2.70. The van der Waals surface area contributed by atoms with Gasteiger partial charge in [0.15, 0.2) is 0 Å². The molecular formula is C20H21BrN4O5. The lowest BCUT2D eigenvalue weighted by Crippen LogP contribution is -2.54. The fourth-order valence-corrected chi connectivity index (χ4v) is 5.76. The third-order valence-corrected chi connectivity index (χ3v) is 7.09. The Bertz CT molecular complexity index is 978. The van der Waals surface area contributed by atoms with Crippen LogP contribution in [0, 0.1) is 11.8 Å². The number of halogens is 1. The Morgan fingerprint density at radius 1 is 1.30 bits per heavy atom. The van der Waals surface area contributed by atoms with Gasteiger partial charge < -0.3 is 15.8 Å². The summed E-state index contributed by atoms with van der Waals surface area (Å²) in [5.41, 5.74) is 5.16. The van der Waals surface area contributed by atoms with Crippen molar-refractivity contribution in [2.75, 3.05) is 18.5 Å². The van der Waals surface area contributed by atoms with E-state index in [0.29, 0.717) is 17.9 Å². The van der Waals surface area contributed by atoms with Crippen molar-refractivity contribution >= 4 is 45.2 Å². The molecule has 5 rings (SSSR count). The van der Waals surface area contributed by atoms with Crippen molar-refractivity contribution in [1.29, 1.82) is 0 Å². The van der Waals surface area contributed by atoms with Crippen LogP contribution in [-0.2, 0) is 29.5 Å². The van der Waals surface area contributed by atoms with E-state index in [1.54, 1.807) is 18.2 Å². The van der Waals surface area contributed by atoms with E-state index in [9.17, 15) is 19.2 Å². The Labute approximate surface area is 180 Å². The van der Waals surface area contributed by atoms with Crippen LogP contribution in [-0.4, -0.2) is 53.8 Å². The lowest BCUT2D eigenvalue weighted by atomic mass is 9.76. The quantitative estimate of drug-likeness (QED) is 0.532. The van der Waals surface area contributed by atoms with E-state index in [1.807, 2.05) is 0 Å². The molecule has 30 heavy (non-hydrogen) atoms. The third kappa shape index (κ3) is 2.67. The summed E-state index contributed by atoms with van der Waals surface area (Å²) in [6.45, 7) is 0.768. The number of amides is 4. The number of nitrogens with one attached hydrogen (secondary N) is 2. The van der Waals surface area contributed by atoms with Crippen molar-refractivity contribution in [1.82, 2.24) is 10.2 Å². The fourth-order valence-electron chi connectivity index (χ4n) is 5.40. The summed E-state index contributed by atoms with van der Waals surface area (Å²) in [6.07, 6.45) is 1.31. The SMILES string of the molecule is NC(=O)C[C@@H]1N[C@@]2(C(=O)Nc3ccc(Br)cc32)[C@H]2C(=O)N(C[C@H]3CCCO3)C(=O)[C@@H]12. The van der Waals surface area contributed by atoms with Gasteiger partial charge in [0.25, 0.3) is 0 Å². The zero-order chi connectivity index (χ0) is 21.2. The molecule has 0 aromatic heterocycles. The zero-order valence-electron chi connectivity index (χ0n) is 16.0. The summed E-state index contributed by atoms with van der Waals surface area (Å²) in [6, 6.07) is 4.59. The number of fused-ring (bicyclic) bond motifs is 4. The predicted molar refractivity (Wildman–Crippen MR) is 108 cm³/mol. The van der Waals surface area contributed by atoms with Gasteiger partial charge in [-0.25, -0.2) is 0 Å². The third-order valence-electron chi connectivity index (χ3n) is 6.60. The van der Waals surface area contributed by atoms with Crippen molar-refractivity contribution in [2.24, 2.45) is 17.6 Å². The Kier molecular flexibility index (Phi) is 4.49. The van der Waals surface area contributed by atoms with Crippen molar-refractivity contribution in [3.8, 4) is 0 Å². The first-order valence-corrected chi connectivity index (χ1v) is 10.8. The molecule has 4 heterocycles. The van der Waals surface area contributed by atoms with Crippen LogP contribution in [0.3, 0.4) is 0 Å². The molecule has 9 nitrogen and oxygen atoms in total. The molecule has 10 heteroatoms. The normalized spacial score (nSPS) is 34.6. The monoisotopic (exact) mass is 476 g/mol. The second kappa shape index (κ2) is 6.86. The molecule has 1 aromatic rings.